The topological polar surface area (TPSA) is 46.2 Å². The molecular weight excluding hydrogens is 169 g/mol. The third kappa shape index (κ3) is 1.87. The zero-order valence-corrected chi connectivity index (χ0v) is 7.84. The number of nitrogens with two attached hydrogens (primary N) is 1. The highest BCUT2D eigenvalue weighted by Gasteiger charge is 2.23. The van der Waals surface area contributed by atoms with Crippen LogP contribution < -0.4 is 5.73 Å². The minimum absolute atomic E-state index is 0.0806. The Labute approximate surface area is 77.2 Å². The smallest absolute Gasteiger partial charge is 0.126 e. The number of aliphatic hydroxyl groups is 1. The molecule has 0 heterocycles. The first-order valence-electron chi connectivity index (χ1n) is 4.17. The maximum Gasteiger partial charge on any atom is 0.126 e. The summed E-state index contributed by atoms with van der Waals surface area (Å²) in [4.78, 5) is 0. The summed E-state index contributed by atoms with van der Waals surface area (Å²) in [6.07, 6.45) is 0. The van der Waals surface area contributed by atoms with E-state index in [0.717, 1.165) is 0 Å². The van der Waals surface area contributed by atoms with Gasteiger partial charge in [-0.3, -0.25) is 0 Å². The number of hydrogen-bond donors (Lipinski definition) is 2. The van der Waals surface area contributed by atoms with E-state index in [2.05, 4.69) is 0 Å². The molecule has 0 saturated heterocycles. The van der Waals surface area contributed by atoms with Crippen molar-refractivity contribution >= 4 is 0 Å². The average Bonchev–Trinajstić information content (AvgIpc) is 2.09. The van der Waals surface area contributed by atoms with Crippen molar-refractivity contribution in [1.82, 2.24) is 0 Å². The summed E-state index contributed by atoms with van der Waals surface area (Å²) in [5, 5.41) is 9.81. The van der Waals surface area contributed by atoms with Crippen molar-refractivity contribution in [2.45, 2.75) is 19.4 Å². The van der Waals surface area contributed by atoms with Crippen LogP contribution in [-0.4, -0.2) is 11.7 Å². The van der Waals surface area contributed by atoms with Crippen molar-refractivity contribution in [2.75, 3.05) is 6.54 Å². The molecule has 1 atom stereocenters. The van der Waals surface area contributed by atoms with Crippen molar-refractivity contribution < 1.29 is 9.50 Å². The van der Waals surface area contributed by atoms with Gasteiger partial charge in [-0.15, -0.1) is 0 Å². The zero-order chi connectivity index (χ0) is 10.1. The molecule has 1 aromatic carbocycles. The summed E-state index contributed by atoms with van der Waals surface area (Å²) < 4.78 is 13.1. The lowest BCUT2D eigenvalue weighted by atomic mass is 9.92. The fourth-order valence-electron chi connectivity index (χ4n) is 1.30. The summed E-state index contributed by atoms with van der Waals surface area (Å²) in [5.74, 6) is -0.314. The molecule has 2 nitrogen and oxygen atoms in total. The lowest BCUT2D eigenvalue weighted by Crippen LogP contribution is -2.32. The van der Waals surface area contributed by atoms with E-state index in [1.54, 1.807) is 26.0 Å². The predicted octanol–water partition coefficient (Wildman–Crippen LogP) is 1.30. The van der Waals surface area contributed by atoms with Gasteiger partial charge in [-0.25, -0.2) is 4.39 Å². The molecule has 0 aliphatic carbocycles. The molecule has 0 aromatic heterocycles. The number of benzene rings is 1. The van der Waals surface area contributed by atoms with Gasteiger partial charge in [0.05, 0.1) is 5.60 Å². The predicted molar refractivity (Wildman–Crippen MR) is 49.8 cm³/mol. The summed E-state index contributed by atoms with van der Waals surface area (Å²) >= 11 is 0. The van der Waals surface area contributed by atoms with Gasteiger partial charge in [0.25, 0.3) is 0 Å². The first kappa shape index (κ1) is 10.2. The highest BCUT2D eigenvalue weighted by atomic mass is 19.1. The molecule has 3 N–H and O–H groups in total. The van der Waals surface area contributed by atoms with Crippen LogP contribution in [0.1, 0.15) is 18.1 Å². The third-order valence-electron chi connectivity index (χ3n) is 2.25. The van der Waals surface area contributed by atoms with Gasteiger partial charge >= 0.3 is 0 Å². The molecule has 1 rings (SSSR count). The van der Waals surface area contributed by atoms with Crippen LogP contribution in [0.15, 0.2) is 18.2 Å². The molecule has 0 fully saturated rings. The second-order valence-electron chi connectivity index (χ2n) is 3.39. The second-order valence-corrected chi connectivity index (χ2v) is 3.39. The quantitative estimate of drug-likeness (QED) is 0.726. The molecule has 0 amide bonds. The van der Waals surface area contributed by atoms with Crippen molar-refractivity contribution in [1.29, 1.82) is 0 Å². The van der Waals surface area contributed by atoms with Gasteiger partial charge in [-0.2, -0.15) is 0 Å². The Balaban J connectivity index is 3.22. The van der Waals surface area contributed by atoms with E-state index >= 15 is 0 Å². The summed E-state index contributed by atoms with van der Waals surface area (Å²) in [7, 11) is 0. The summed E-state index contributed by atoms with van der Waals surface area (Å²) in [6.45, 7) is 3.29. The van der Waals surface area contributed by atoms with Crippen LogP contribution >= 0.6 is 0 Å². The van der Waals surface area contributed by atoms with Crippen molar-refractivity contribution in [3.05, 3.63) is 35.1 Å². The average molecular weight is 183 g/mol. The van der Waals surface area contributed by atoms with E-state index in [1.165, 1.54) is 6.07 Å². The number of halogens is 1. The first-order chi connectivity index (χ1) is 5.99. The van der Waals surface area contributed by atoms with Gasteiger partial charge in [0.15, 0.2) is 0 Å². The van der Waals surface area contributed by atoms with Crippen LogP contribution in [0.2, 0.25) is 0 Å². The number of hydrogen-bond acceptors (Lipinski definition) is 2. The lowest BCUT2D eigenvalue weighted by Gasteiger charge is -2.23. The molecule has 0 bridgehead atoms. The Morgan fingerprint density at radius 3 is 2.69 bits per heavy atom. The van der Waals surface area contributed by atoms with Crippen LogP contribution in [0.5, 0.6) is 0 Å². The maximum absolute atomic E-state index is 13.1. The highest BCUT2D eigenvalue weighted by molar-refractivity contribution is 5.32. The van der Waals surface area contributed by atoms with Crippen LogP contribution in [0.25, 0.3) is 0 Å². The second kappa shape index (κ2) is 3.44. The van der Waals surface area contributed by atoms with Gasteiger partial charge < -0.3 is 10.8 Å². The van der Waals surface area contributed by atoms with Crippen molar-refractivity contribution in [3.8, 4) is 0 Å². The molecular formula is C10H14FNO. The summed E-state index contributed by atoms with van der Waals surface area (Å²) in [5.41, 5.74) is 5.25. The van der Waals surface area contributed by atoms with Gasteiger partial charge in [0.1, 0.15) is 5.82 Å². The zero-order valence-electron chi connectivity index (χ0n) is 7.84. The van der Waals surface area contributed by atoms with E-state index in [0.29, 0.717) is 11.1 Å². The molecule has 3 heteroatoms. The van der Waals surface area contributed by atoms with Crippen molar-refractivity contribution in [3.63, 3.8) is 0 Å². The van der Waals surface area contributed by atoms with Gasteiger partial charge in [0, 0.05) is 6.54 Å². The molecule has 1 aromatic rings. The van der Waals surface area contributed by atoms with E-state index in [-0.39, 0.29) is 12.4 Å². The molecule has 0 saturated carbocycles. The largest absolute Gasteiger partial charge is 0.384 e. The van der Waals surface area contributed by atoms with Crippen LogP contribution in [0, 0.1) is 12.7 Å². The Morgan fingerprint density at radius 2 is 2.15 bits per heavy atom. The van der Waals surface area contributed by atoms with E-state index in [1.807, 2.05) is 0 Å². The molecule has 0 spiro atoms. The highest BCUT2D eigenvalue weighted by Crippen LogP contribution is 2.24. The Bertz CT molecular complexity index is 310. The SMILES string of the molecule is Cc1c(F)cccc1C(C)(O)CN. The van der Waals surface area contributed by atoms with Gasteiger partial charge in [-0.1, -0.05) is 12.1 Å². The fourth-order valence-corrected chi connectivity index (χ4v) is 1.30. The molecule has 72 valence electrons. The van der Waals surface area contributed by atoms with E-state index < -0.39 is 5.60 Å². The molecule has 0 radical (unpaired) electrons. The van der Waals surface area contributed by atoms with Crippen LogP contribution in [0.4, 0.5) is 4.39 Å². The van der Waals surface area contributed by atoms with Crippen molar-refractivity contribution in [2.24, 2.45) is 5.73 Å². The Morgan fingerprint density at radius 1 is 1.54 bits per heavy atom. The van der Waals surface area contributed by atoms with Gasteiger partial charge in [-0.05, 0) is 31.0 Å². The van der Waals surface area contributed by atoms with E-state index in [9.17, 15) is 9.50 Å². The fraction of sp³-hybridized carbons (Fsp3) is 0.400. The monoisotopic (exact) mass is 183 g/mol. The molecule has 0 aliphatic rings. The maximum atomic E-state index is 13.1. The minimum Gasteiger partial charge on any atom is -0.384 e. The van der Waals surface area contributed by atoms with Gasteiger partial charge in [0.2, 0.25) is 0 Å². The summed E-state index contributed by atoms with van der Waals surface area (Å²) in [6, 6.07) is 4.62. The Kier molecular flexibility index (Phi) is 2.68. The number of rotatable bonds is 2. The molecule has 13 heavy (non-hydrogen) atoms. The normalized spacial score (nSPS) is 15.5. The molecule has 0 aliphatic heterocycles. The Hall–Kier alpha value is -0.930. The first-order valence-corrected chi connectivity index (χ1v) is 4.17. The molecule has 1 unspecified atom stereocenters. The third-order valence-corrected chi connectivity index (χ3v) is 2.25. The van der Waals surface area contributed by atoms with Crippen LogP contribution in [-0.2, 0) is 5.60 Å². The lowest BCUT2D eigenvalue weighted by molar-refractivity contribution is 0.0658. The van der Waals surface area contributed by atoms with Crippen LogP contribution in [0.3, 0.4) is 0 Å². The minimum atomic E-state index is -1.15. The standard InChI is InChI=1S/C10H14FNO/c1-7-8(10(2,13)6-12)4-3-5-9(7)11/h3-5,13H,6,12H2,1-2H3. The van der Waals surface area contributed by atoms with E-state index in [4.69, 9.17) is 5.73 Å².